The van der Waals surface area contributed by atoms with Gasteiger partial charge in [0.15, 0.2) is 11.5 Å². The second kappa shape index (κ2) is 13.7. The van der Waals surface area contributed by atoms with Crippen molar-refractivity contribution in [3.8, 4) is 11.5 Å². The van der Waals surface area contributed by atoms with Crippen molar-refractivity contribution in [2.45, 2.75) is 46.2 Å². The van der Waals surface area contributed by atoms with Crippen molar-refractivity contribution < 1.29 is 24.0 Å². The molecule has 2 amide bonds. The van der Waals surface area contributed by atoms with Crippen LogP contribution < -0.4 is 9.47 Å². The Morgan fingerprint density at radius 1 is 1.08 bits per heavy atom. The lowest BCUT2D eigenvalue weighted by molar-refractivity contribution is -0.385. The van der Waals surface area contributed by atoms with Gasteiger partial charge in [0.05, 0.1) is 25.7 Å². The molecule has 1 aromatic heterocycles. The molecule has 39 heavy (non-hydrogen) atoms. The summed E-state index contributed by atoms with van der Waals surface area (Å²) in [6.07, 6.45) is 1.21. The van der Waals surface area contributed by atoms with Gasteiger partial charge in [-0.05, 0) is 61.9 Å². The maximum Gasteiger partial charge on any atom is 0.273 e. The van der Waals surface area contributed by atoms with E-state index in [2.05, 4.69) is 0 Å². The second-order valence-electron chi connectivity index (χ2n) is 9.28. The number of hydrogen-bond donors (Lipinski definition) is 0. The molecule has 0 radical (unpaired) electrons. The molecule has 3 rings (SSSR count). The number of methoxy groups -OCH3 is 2. The molecule has 0 saturated carbocycles. The van der Waals surface area contributed by atoms with E-state index >= 15 is 0 Å². The second-order valence-corrected chi connectivity index (χ2v) is 10.3. The van der Waals surface area contributed by atoms with Crippen molar-refractivity contribution in [1.82, 2.24) is 9.80 Å². The van der Waals surface area contributed by atoms with Gasteiger partial charge in [-0.15, -0.1) is 11.3 Å². The van der Waals surface area contributed by atoms with Crippen LogP contribution in [0.25, 0.3) is 0 Å². The monoisotopic (exact) mass is 553 g/mol. The summed E-state index contributed by atoms with van der Waals surface area (Å²) in [5.74, 6) is 0.648. The number of nitro benzene ring substituents is 1. The molecule has 0 fully saturated rings. The van der Waals surface area contributed by atoms with Crippen LogP contribution in [0.5, 0.6) is 11.5 Å². The Hall–Kier alpha value is -3.92. The molecule has 0 N–H and O–H groups in total. The normalized spacial score (nSPS) is 11.5. The van der Waals surface area contributed by atoms with E-state index in [1.54, 1.807) is 49.5 Å². The van der Waals surface area contributed by atoms with Crippen LogP contribution >= 0.6 is 11.3 Å². The third kappa shape index (κ3) is 7.57. The van der Waals surface area contributed by atoms with Crippen molar-refractivity contribution in [3.05, 3.63) is 85.6 Å². The van der Waals surface area contributed by atoms with E-state index < -0.39 is 10.8 Å². The molecular weight excluding hydrogens is 518 g/mol. The number of thiophene rings is 1. The third-order valence-corrected chi connectivity index (χ3v) is 7.60. The largest absolute Gasteiger partial charge is 0.493 e. The summed E-state index contributed by atoms with van der Waals surface area (Å²) < 4.78 is 10.7. The summed E-state index contributed by atoms with van der Waals surface area (Å²) in [6.45, 7) is 6.16. The van der Waals surface area contributed by atoms with E-state index in [1.807, 2.05) is 49.6 Å². The fourth-order valence-electron chi connectivity index (χ4n) is 4.18. The van der Waals surface area contributed by atoms with Gasteiger partial charge in [-0.2, -0.15) is 0 Å². The first-order valence-corrected chi connectivity index (χ1v) is 13.6. The van der Waals surface area contributed by atoms with Crippen LogP contribution in [0.4, 0.5) is 5.69 Å². The Balaban J connectivity index is 1.84. The van der Waals surface area contributed by atoms with Gasteiger partial charge in [-0.25, -0.2) is 0 Å². The van der Waals surface area contributed by atoms with Gasteiger partial charge in [0.1, 0.15) is 6.54 Å². The highest BCUT2D eigenvalue weighted by Crippen LogP contribution is 2.28. The van der Waals surface area contributed by atoms with E-state index in [9.17, 15) is 19.7 Å². The van der Waals surface area contributed by atoms with Crippen molar-refractivity contribution in [1.29, 1.82) is 0 Å². The van der Waals surface area contributed by atoms with Crippen LogP contribution in [-0.4, -0.2) is 59.9 Å². The molecule has 208 valence electrons. The average molecular weight is 554 g/mol. The first-order chi connectivity index (χ1) is 18.7. The molecule has 0 aliphatic rings. The maximum absolute atomic E-state index is 13.7. The van der Waals surface area contributed by atoms with Crippen molar-refractivity contribution in [2.24, 2.45) is 0 Å². The number of rotatable bonds is 13. The Bertz CT molecular complexity index is 1290. The van der Waals surface area contributed by atoms with Crippen molar-refractivity contribution >= 4 is 28.8 Å². The number of ether oxygens (including phenoxy) is 2. The molecule has 1 heterocycles. The highest BCUT2D eigenvalue weighted by molar-refractivity contribution is 7.09. The quantitative estimate of drug-likeness (QED) is 0.205. The smallest absolute Gasteiger partial charge is 0.273 e. The third-order valence-electron chi connectivity index (χ3n) is 6.74. The van der Waals surface area contributed by atoms with E-state index in [1.165, 1.54) is 11.0 Å². The lowest BCUT2D eigenvalue weighted by Gasteiger charge is -2.31. The van der Waals surface area contributed by atoms with Gasteiger partial charge < -0.3 is 19.3 Å². The minimum Gasteiger partial charge on any atom is -0.493 e. The standard InChI is InChI=1S/C29H35N3O6S/c1-6-21(3)31(29(34)23-11-9-20(2)25(17-23)32(35)36)19-28(33)30(18-24-8-7-15-39-24)14-13-22-10-12-26(37-4)27(16-22)38-5/h7-12,15-17,21H,6,13-14,18-19H2,1-5H3. The van der Waals surface area contributed by atoms with Crippen LogP contribution in [0, 0.1) is 17.0 Å². The summed E-state index contributed by atoms with van der Waals surface area (Å²) in [7, 11) is 3.16. The molecule has 0 bridgehead atoms. The molecule has 0 saturated heterocycles. The number of aryl methyl sites for hydroxylation is 1. The van der Waals surface area contributed by atoms with Crippen LogP contribution in [0.2, 0.25) is 0 Å². The Kier molecular flexibility index (Phi) is 10.4. The topological polar surface area (TPSA) is 102 Å². The highest BCUT2D eigenvalue weighted by atomic mass is 32.1. The van der Waals surface area contributed by atoms with Gasteiger partial charge in [0.25, 0.3) is 11.6 Å². The zero-order valence-electron chi connectivity index (χ0n) is 23.0. The summed E-state index contributed by atoms with van der Waals surface area (Å²) in [6, 6.07) is 13.8. The minimum absolute atomic E-state index is 0.120. The predicted molar refractivity (Wildman–Crippen MR) is 152 cm³/mol. The minimum atomic E-state index is -0.498. The van der Waals surface area contributed by atoms with Gasteiger partial charge in [0, 0.05) is 34.7 Å². The molecule has 0 aliphatic carbocycles. The average Bonchev–Trinajstić information content (AvgIpc) is 3.46. The van der Waals surface area contributed by atoms with Gasteiger partial charge in [-0.1, -0.05) is 25.1 Å². The number of carbonyl (C=O) groups is 2. The lowest BCUT2D eigenvalue weighted by atomic mass is 10.1. The number of benzene rings is 2. The van der Waals surface area contributed by atoms with E-state index in [-0.39, 0.29) is 29.7 Å². The Morgan fingerprint density at radius 2 is 1.82 bits per heavy atom. The SMILES string of the molecule is CCC(C)N(CC(=O)N(CCc1ccc(OC)c(OC)c1)Cc1cccs1)C(=O)c1ccc(C)c([N+](=O)[O-])c1. The highest BCUT2D eigenvalue weighted by Gasteiger charge is 2.27. The summed E-state index contributed by atoms with van der Waals surface area (Å²) in [5.41, 5.74) is 1.53. The van der Waals surface area contributed by atoms with Crippen LogP contribution in [-0.2, 0) is 17.8 Å². The number of nitrogens with zero attached hydrogens (tertiary/aromatic N) is 3. The van der Waals surface area contributed by atoms with Crippen LogP contribution in [0.3, 0.4) is 0 Å². The first-order valence-electron chi connectivity index (χ1n) is 12.8. The van der Waals surface area contributed by atoms with E-state index in [0.717, 1.165) is 10.4 Å². The Labute approximate surface area is 233 Å². The van der Waals surface area contributed by atoms with Crippen LogP contribution in [0.1, 0.15) is 46.6 Å². The number of carbonyl (C=O) groups excluding carboxylic acids is 2. The molecule has 3 aromatic rings. The van der Waals surface area contributed by atoms with E-state index in [4.69, 9.17) is 9.47 Å². The molecule has 0 spiro atoms. The maximum atomic E-state index is 13.7. The molecule has 1 unspecified atom stereocenters. The fraction of sp³-hybridized carbons (Fsp3) is 0.379. The summed E-state index contributed by atoms with van der Waals surface area (Å²) >= 11 is 1.57. The number of hydrogen-bond acceptors (Lipinski definition) is 7. The molecule has 1 atom stereocenters. The molecular formula is C29H35N3O6S. The van der Waals surface area contributed by atoms with E-state index in [0.29, 0.717) is 43.0 Å². The lowest BCUT2D eigenvalue weighted by Crippen LogP contribution is -2.46. The number of nitro groups is 1. The zero-order chi connectivity index (χ0) is 28.5. The van der Waals surface area contributed by atoms with Gasteiger partial charge >= 0.3 is 0 Å². The molecule has 2 aromatic carbocycles. The van der Waals surface area contributed by atoms with Gasteiger partial charge in [0.2, 0.25) is 5.91 Å². The van der Waals surface area contributed by atoms with Crippen molar-refractivity contribution in [2.75, 3.05) is 27.3 Å². The van der Waals surface area contributed by atoms with Crippen molar-refractivity contribution in [3.63, 3.8) is 0 Å². The predicted octanol–water partition coefficient (Wildman–Crippen LogP) is 5.49. The summed E-state index contributed by atoms with van der Waals surface area (Å²) in [4.78, 5) is 42.5. The fourth-order valence-corrected chi connectivity index (χ4v) is 4.90. The first kappa shape index (κ1) is 29.6. The zero-order valence-corrected chi connectivity index (χ0v) is 23.8. The Morgan fingerprint density at radius 3 is 2.44 bits per heavy atom. The molecule has 10 heteroatoms. The molecule has 0 aliphatic heterocycles. The van der Waals surface area contributed by atoms with Gasteiger partial charge in [-0.3, -0.25) is 19.7 Å². The van der Waals surface area contributed by atoms with Crippen LogP contribution in [0.15, 0.2) is 53.9 Å². The molecule has 9 nitrogen and oxygen atoms in total. The number of amides is 2. The summed E-state index contributed by atoms with van der Waals surface area (Å²) in [5, 5.41) is 13.4.